The molecule has 0 unspecified atom stereocenters. The summed E-state index contributed by atoms with van der Waals surface area (Å²) < 4.78 is 59.3. The lowest BCUT2D eigenvalue weighted by atomic mass is 10.2. The van der Waals surface area contributed by atoms with E-state index in [1.807, 2.05) is 13.8 Å². The van der Waals surface area contributed by atoms with Gasteiger partial charge in [-0.05, 0) is 50.6 Å². The normalized spacial score (nSPS) is 16.3. The van der Waals surface area contributed by atoms with Crippen LogP contribution >= 0.6 is 0 Å². The molecule has 0 radical (unpaired) electrons. The Bertz CT molecular complexity index is 1160. The van der Waals surface area contributed by atoms with Crippen LogP contribution in [0.1, 0.15) is 25.8 Å². The van der Waals surface area contributed by atoms with E-state index in [0.717, 1.165) is 0 Å². The summed E-state index contributed by atoms with van der Waals surface area (Å²) in [6, 6.07) is 10.7. The lowest BCUT2D eigenvalue weighted by Crippen LogP contribution is -2.29. The largest absolute Gasteiger partial charge is 0.489 e. The van der Waals surface area contributed by atoms with E-state index in [1.165, 1.54) is 18.2 Å². The minimum atomic E-state index is -4.07. The van der Waals surface area contributed by atoms with Crippen LogP contribution < -0.4 is 13.8 Å². The quantitative estimate of drug-likeness (QED) is 0.742. The number of anilines is 2. The summed E-state index contributed by atoms with van der Waals surface area (Å²) in [5.74, 6) is -0.502. The first-order chi connectivity index (χ1) is 13.5. The fourth-order valence-corrected chi connectivity index (χ4v) is 5.77. The van der Waals surface area contributed by atoms with Crippen molar-refractivity contribution >= 4 is 37.3 Å². The molecule has 1 heterocycles. The summed E-state index contributed by atoms with van der Waals surface area (Å²) in [7, 11) is -7.87. The molecule has 0 bridgehead atoms. The van der Waals surface area contributed by atoms with Gasteiger partial charge >= 0.3 is 0 Å². The van der Waals surface area contributed by atoms with Crippen molar-refractivity contribution in [3.8, 4) is 5.75 Å². The highest BCUT2D eigenvalue weighted by molar-refractivity contribution is 7.94. The maximum Gasteiger partial charge on any atom is 0.262 e. The van der Waals surface area contributed by atoms with Gasteiger partial charge in [0, 0.05) is 6.42 Å². The second-order valence-electron chi connectivity index (χ2n) is 6.94. The Labute approximate surface area is 170 Å². The molecule has 2 aromatic carbocycles. The molecular formula is C19H22N2O6S2. The van der Waals surface area contributed by atoms with Crippen LogP contribution in [0.5, 0.6) is 5.75 Å². The van der Waals surface area contributed by atoms with Gasteiger partial charge in [0.25, 0.3) is 10.0 Å². The Morgan fingerprint density at radius 2 is 1.83 bits per heavy atom. The van der Waals surface area contributed by atoms with Gasteiger partial charge in [-0.25, -0.2) is 21.1 Å². The van der Waals surface area contributed by atoms with Gasteiger partial charge in [0.15, 0.2) is 0 Å². The van der Waals surface area contributed by atoms with E-state index in [-0.39, 0.29) is 34.5 Å². The van der Waals surface area contributed by atoms with Gasteiger partial charge in [0.05, 0.1) is 28.1 Å². The van der Waals surface area contributed by atoms with Gasteiger partial charge in [0.2, 0.25) is 15.9 Å². The standard InChI is InChI=1S/C19H22N2O6S2/c1-13(2)27-17-7-5-4-6-16(17)20-29(25,26)18-12-15(9-8-14(18)3)21-19(22)10-11-28(21,23)24/h4-9,12-13,20H,10-11H2,1-3H3. The molecule has 156 valence electrons. The smallest absolute Gasteiger partial charge is 0.262 e. The van der Waals surface area contributed by atoms with Crippen molar-refractivity contribution in [3.05, 3.63) is 48.0 Å². The third-order valence-corrected chi connectivity index (χ3v) is 7.47. The summed E-state index contributed by atoms with van der Waals surface area (Å²) in [6.07, 6.45) is -0.284. The predicted molar refractivity (Wildman–Crippen MR) is 110 cm³/mol. The van der Waals surface area contributed by atoms with Gasteiger partial charge < -0.3 is 4.74 Å². The Kier molecular flexibility index (Phi) is 5.59. The highest BCUT2D eigenvalue weighted by atomic mass is 32.2. The molecule has 8 nitrogen and oxygen atoms in total. The molecule has 0 spiro atoms. The first-order valence-corrected chi connectivity index (χ1v) is 12.1. The van der Waals surface area contributed by atoms with Crippen molar-refractivity contribution in [1.82, 2.24) is 0 Å². The number of amides is 1. The molecule has 1 aliphatic heterocycles. The number of hydrogen-bond acceptors (Lipinski definition) is 6. The van der Waals surface area contributed by atoms with Crippen LogP contribution in [0.3, 0.4) is 0 Å². The van der Waals surface area contributed by atoms with Gasteiger partial charge in [-0.3, -0.25) is 9.52 Å². The van der Waals surface area contributed by atoms with E-state index in [1.54, 1.807) is 31.2 Å². The van der Waals surface area contributed by atoms with Crippen LogP contribution in [0, 0.1) is 6.92 Å². The van der Waals surface area contributed by atoms with Crippen LogP contribution in [0.2, 0.25) is 0 Å². The Balaban J connectivity index is 2.01. The van der Waals surface area contributed by atoms with E-state index >= 15 is 0 Å². The Morgan fingerprint density at radius 3 is 2.45 bits per heavy atom. The predicted octanol–water partition coefficient (Wildman–Crippen LogP) is 2.65. The minimum absolute atomic E-state index is 0.00481. The van der Waals surface area contributed by atoms with Crippen molar-refractivity contribution in [2.24, 2.45) is 0 Å². The molecule has 2 aromatic rings. The molecule has 1 N–H and O–H groups in total. The highest BCUT2D eigenvalue weighted by Gasteiger charge is 2.37. The number of carbonyl (C=O) groups is 1. The van der Waals surface area contributed by atoms with Crippen molar-refractivity contribution < 1.29 is 26.4 Å². The number of carbonyl (C=O) groups excluding carboxylic acids is 1. The molecule has 1 amide bonds. The number of hydrogen-bond donors (Lipinski definition) is 1. The maximum atomic E-state index is 13.1. The first kappa shape index (κ1) is 21.1. The Hall–Kier alpha value is -2.59. The molecular weight excluding hydrogens is 416 g/mol. The molecule has 1 aliphatic rings. The van der Waals surface area contributed by atoms with Gasteiger partial charge in [-0.2, -0.15) is 0 Å². The van der Waals surface area contributed by atoms with Crippen LogP contribution in [-0.4, -0.2) is 34.6 Å². The summed E-state index contributed by atoms with van der Waals surface area (Å²) in [5, 5.41) is 0. The van der Waals surface area contributed by atoms with Crippen LogP contribution in [0.4, 0.5) is 11.4 Å². The number of nitrogens with zero attached hydrogens (tertiary/aromatic N) is 1. The number of benzene rings is 2. The number of aryl methyl sites for hydroxylation is 1. The van der Waals surface area contributed by atoms with Crippen molar-refractivity contribution in [2.45, 2.75) is 38.2 Å². The van der Waals surface area contributed by atoms with Crippen LogP contribution in [0.25, 0.3) is 0 Å². The van der Waals surface area contributed by atoms with Crippen molar-refractivity contribution in [3.63, 3.8) is 0 Å². The van der Waals surface area contributed by atoms with Gasteiger partial charge in [-0.1, -0.05) is 18.2 Å². The zero-order chi connectivity index (χ0) is 21.4. The van der Waals surface area contributed by atoms with Gasteiger partial charge in [-0.15, -0.1) is 0 Å². The SMILES string of the molecule is Cc1ccc(N2C(=O)CCS2(=O)=O)cc1S(=O)(=O)Nc1ccccc1OC(C)C. The molecule has 10 heteroatoms. The van der Waals surface area contributed by atoms with E-state index in [9.17, 15) is 21.6 Å². The first-order valence-electron chi connectivity index (χ1n) is 8.96. The molecule has 0 atom stereocenters. The van der Waals surface area contributed by atoms with E-state index in [2.05, 4.69) is 4.72 Å². The molecule has 0 aromatic heterocycles. The van der Waals surface area contributed by atoms with Crippen LogP contribution in [-0.2, 0) is 24.8 Å². The number of ether oxygens (including phenoxy) is 1. The summed E-state index contributed by atoms with van der Waals surface area (Å²) in [5.41, 5.74) is 0.675. The monoisotopic (exact) mass is 438 g/mol. The van der Waals surface area contributed by atoms with Crippen molar-refractivity contribution in [2.75, 3.05) is 14.8 Å². The topological polar surface area (TPSA) is 110 Å². The summed E-state index contributed by atoms with van der Waals surface area (Å²) in [6.45, 7) is 5.24. The third kappa shape index (κ3) is 4.38. The maximum absolute atomic E-state index is 13.1. The zero-order valence-corrected chi connectivity index (χ0v) is 17.9. The lowest BCUT2D eigenvalue weighted by molar-refractivity contribution is -0.116. The highest BCUT2D eigenvalue weighted by Crippen LogP contribution is 2.32. The fourth-order valence-electron chi connectivity index (χ4n) is 2.98. The molecule has 29 heavy (non-hydrogen) atoms. The molecule has 1 fully saturated rings. The van der Waals surface area contributed by atoms with E-state index < -0.39 is 26.0 Å². The summed E-state index contributed by atoms with van der Waals surface area (Å²) in [4.78, 5) is 11.9. The van der Waals surface area contributed by atoms with E-state index in [0.29, 0.717) is 15.6 Å². The number of sulfonamides is 2. The fraction of sp³-hybridized carbons (Fsp3) is 0.316. The number of rotatable bonds is 6. The van der Waals surface area contributed by atoms with Crippen LogP contribution in [0.15, 0.2) is 47.4 Å². The Morgan fingerprint density at radius 1 is 1.14 bits per heavy atom. The van der Waals surface area contributed by atoms with E-state index in [4.69, 9.17) is 4.74 Å². The average molecular weight is 439 g/mol. The molecule has 3 rings (SSSR count). The molecule has 0 saturated carbocycles. The summed E-state index contributed by atoms with van der Waals surface area (Å²) >= 11 is 0. The molecule has 1 saturated heterocycles. The minimum Gasteiger partial charge on any atom is -0.489 e. The average Bonchev–Trinajstić information content (AvgIpc) is 2.89. The lowest BCUT2D eigenvalue weighted by Gasteiger charge is -2.19. The third-order valence-electron chi connectivity index (χ3n) is 4.27. The van der Waals surface area contributed by atoms with Crippen molar-refractivity contribution in [1.29, 1.82) is 0 Å². The zero-order valence-electron chi connectivity index (χ0n) is 16.2. The number of para-hydroxylation sites is 2. The van der Waals surface area contributed by atoms with Gasteiger partial charge in [0.1, 0.15) is 5.75 Å². The number of nitrogens with one attached hydrogen (secondary N) is 1. The molecule has 0 aliphatic carbocycles. The second kappa shape index (κ2) is 7.68. The second-order valence-corrected chi connectivity index (χ2v) is 10.5.